The molecule has 82 valence electrons. The summed E-state index contributed by atoms with van der Waals surface area (Å²) in [6, 6.07) is 7.62. The van der Waals surface area contributed by atoms with Crippen molar-refractivity contribution in [1.29, 1.82) is 0 Å². The first-order valence-electron chi connectivity index (χ1n) is 4.63. The zero-order chi connectivity index (χ0) is 11.5. The van der Waals surface area contributed by atoms with Crippen LogP contribution in [-0.4, -0.2) is 13.1 Å². The molecule has 0 unspecified atom stereocenters. The van der Waals surface area contributed by atoms with E-state index < -0.39 is 5.97 Å². The third-order valence-electron chi connectivity index (χ3n) is 2.22. The monoisotopic (exact) mass is 280 g/mol. The van der Waals surface area contributed by atoms with E-state index in [1.807, 2.05) is 24.3 Å². The van der Waals surface area contributed by atoms with Crippen LogP contribution in [-0.2, 0) is 4.74 Å². The van der Waals surface area contributed by atoms with E-state index in [1.165, 1.54) is 19.6 Å². The minimum Gasteiger partial charge on any atom is -0.471 e. The lowest BCUT2D eigenvalue weighted by molar-refractivity contribution is 0.0600. The zero-order valence-electron chi connectivity index (χ0n) is 8.57. The predicted octanol–water partition coefficient (Wildman–Crippen LogP) is 3.50. The lowest BCUT2D eigenvalue weighted by Gasteiger charge is -2.01. The average Bonchev–Trinajstić information content (AvgIpc) is 2.78. The fourth-order valence-corrected chi connectivity index (χ4v) is 1.68. The summed E-state index contributed by atoms with van der Waals surface area (Å²) in [5.74, 6) is -0.397. The summed E-state index contributed by atoms with van der Waals surface area (Å²) in [4.78, 5) is 11.4. The van der Waals surface area contributed by atoms with Gasteiger partial charge in [0.2, 0.25) is 0 Å². The maximum Gasteiger partial charge on any atom is 0.341 e. The Morgan fingerprint density at radius 3 is 2.56 bits per heavy atom. The van der Waals surface area contributed by atoms with Crippen molar-refractivity contribution in [2.45, 2.75) is 0 Å². The molecule has 0 saturated carbocycles. The van der Waals surface area contributed by atoms with Crippen molar-refractivity contribution in [3.63, 3.8) is 0 Å². The molecule has 2 rings (SSSR count). The highest BCUT2D eigenvalue weighted by Crippen LogP contribution is 2.26. The lowest BCUT2D eigenvalue weighted by atomic mass is 10.1. The molecular formula is C12H9BrO3. The van der Waals surface area contributed by atoms with Crippen LogP contribution in [0.25, 0.3) is 11.1 Å². The summed E-state index contributed by atoms with van der Waals surface area (Å²) in [6.45, 7) is 0. The third kappa shape index (κ3) is 2.02. The third-order valence-corrected chi connectivity index (χ3v) is 2.75. The first-order valence-corrected chi connectivity index (χ1v) is 5.42. The summed E-state index contributed by atoms with van der Waals surface area (Å²) in [6.07, 6.45) is 2.93. The Morgan fingerprint density at radius 2 is 1.94 bits per heavy atom. The summed E-state index contributed by atoms with van der Waals surface area (Å²) in [5.41, 5.74) is 2.08. The Morgan fingerprint density at radius 1 is 1.25 bits per heavy atom. The fourth-order valence-electron chi connectivity index (χ4n) is 1.42. The van der Waals surface area contributed by atoms with E-state index in [0.29, 0.717) is 5.56 Å². The van der Waals surface area contributed by atoms with Crippen LogP contribution in [0.3, 0.4) is 0 Å². The van der Waals surface area contributed by atoms with E-state index in [2.05, 4.69) is 20.7 Å². The molecule has 0 aliphatic rings. The van der Waals surface area contributed by atoms with Gasteiger partial charge in [-0.2, -0.15) is 0 Å². The molecule has 0 bridgehead atoms. The second-order valence-electron chi connectivity index (χ2n) is 3.20. The van der Waals surface area contributed by atoms with Crippen LogP contribution in [0, 0.1) is 0 Å². The number of furan rings is 1. The number of hydrogen-bond donors (Lipinski definition) is 0. The Hall–Kier alpha value is -1.55. The normalized spacial score (nSPS) is 10.1. The number of benzene rings is 1. The van der Waals surface area contributed by atoms with Gasteiger partial charge in [0.25, 0.3) is 0 Å². The number of methoxy groups -OCH3 is 1. The molecule has 3 nitrogen and oxygen atoms in total. The summed E-state index contributed by atoms with van der Waals surface area (Å²) < 4.78 is 10.7. The molecule has 2 aromatic rings. The molecule has 0 aliphatic heterocycles. The number of rotatable bonds is 2. The van der Waals surface area contributed by atoms with E-state index in [9.17, 15) is 4.79 Å². The molecule has 1 aromatic heterocycles. The van der Waals surface area contributed by atoms with E-state index in [1.54, 1.807) is 0 Å². The van der Waals surface area contributed by atoms with Gasteiger partial charge in [0.15, 0.2) is 0 Å². The number of carbonyl (C=O) groups is 1. The average molecular weight is 281 g/mol. The molecular weight excluding hydrogens is 272 g/mol. The van der Waals surface area contributed by atoms with Gasteiger partial charge in [0.1, 0.15) is 11.8 Å². The molecule has 1 aromatic carbocycles. The van der Waals surface area contributed by atoms with Crippen LogP contribution in [0.4, 0.5) is 0 Å². The van der Waals surface area contributed by atoms with E-state index in [0.717, 1.165) is 15.6 Å². The maximum absolute atomic E-state index is 11.4. The molecule has 16 heavy (non-hydrogen) atoms. The van der Waals surface area contributed by atoms with Gasteiger partial charge in [-0.3, -0.25) is 0 Å². The Kier molecular flexibility index (Phi) is 3.10. The minimum absolute atomic E-state index is 0.397. The lowest BCUT2D eigenvalue weighted by Crippen LogP contribution is -2.00. The van der Waals surface area contributed by atoms with Crippen LogP contribution < -0.4 is 0 Å². The zero-order valence-corrected chi connectivity index (χ0v) is 10.2. The number of carbonyl (C=O) groups excluding carboxylic acids is 1. The van der Waals surface area contributed by atoms with Crippen molar-refractivity contribution in [3.8, 4) is 11.1 Å². The second kappa shape index (κ2) is 4.53. The van der Waals surface area contributed by atoms with Gasteiger partial charge in [0, 0.05) is 10.0 Å². The van der Waals surface area contributed by atoms with Gasteiger partial charge in [-0.25, -0.2) is 4.79 Å². The SMILES string of the molecule is COC(=O)c1cocc1-c1ccc(Br)cc1. The largest absolute Gasteiger partial charge is 0.471 e. The van der Waals surface area contributed by atoms with Crippen LogP contribution >= 0.6 is 15.9 Å². The van der Waals surface area contributed by atoms with Gasteiger partial charge in [-0.15, -0.1) is 0 Å². The van der Waals surface area contributed by atoms with Crippen LogP contribution in [0.2, 0.25) is 0 Å². The van der Waals surface area contributed by atoms with Gasteiger partial charge in [-0.1, -0.05) is 28.1 Å². The van der Waals surface area contributed by atoms with Crippen molar-refractivity contribution in [3.05, 3.63) is 46.8 Å². The molecule has 0 atom stereocenters. The maximum atomic E-state index is 11.4. The molecule has 4 heteroatoms. The van der Waals surface area contributed by atoms with Gasteiger partial charge < -0.3 is 9.15 Å². The minimum atomic E-state index is -0.397. The Balaban J connectivity index is 2.44. The molecule has 0 radical (unpaired) electrons. The molecule has 0 N–H and O–H groups in total. The topological polar surface area (TPSA) is 39.4 Å². The highest BCUT2D eigenvalue weighted by Gasteiger charge is 2.15. The standard InChI is InChI=1S/C12H9BrO3/c1-15-12(14)11-7-16-6-10(11)8-2-4-9(13)5-3-8/h2-7H,1H3. The van der Waals surface area contributed by atoms with Gasteiger partial charge in [-0.05, 0) is 17.7 Å². The fraction of sp³-hybridized carbons (Fsp3) is 0.0833. The van der Waals surface area contributed by atoms with Crippen LogP contribution in [0.1, 0.15) is 10.4 Å². The number of ether oxygens (including phenoxy) is 1. The number of halogens is 1. The van der Waals surface area contributed by atoms with E-state index >= 15 is 0 Å². The molecule has 0 amide bonds. The Bertz CT molecular complexity index is 499. The van der Waals surface area contributed by atoms with Crippen LogP contribution in [0.5, 0.6) is 0 Å². The Labute approximate surface area is 101 Å². The first kappa shape index (κ1) is 11.0. The highest BCUT2D eigenvalue weighted by atomic mass is 79.9. The number of esters is 1. The van der Waals surface area contributed by atoms with Crippen molar-refractivity contribution in [2.75, 3.05) is 7.11 Å². The first-order chi connectivity index (χ1) is 7.72. The quantitative estimate of drug-likeness (QED) is 0.791. The highest BCUT2D eigenvalue weighted by molar-refractivity contribution is 9.10. The predicted molar refractivity (Wildman–Crippen MR) is 63.2 cm³/mol. The summed E-state index contributed by atoms with van der Waals surface area (Å²) >= 11 is 3.35. The van der Waals surface area contributed by atoms with Gasteiger partial charge >= 0.3 is 5.97 Å². The smallest absolute Gasteiger partial charge is 0.341 e. The number of hydrogen-bond acceptors (Lipinski definition) is 3. The van der Waals surface area contributed by atoms with E-state index in [4.69, 9.17) is 4.42 Å². The van der Waals surface area contributed by atoms with Crippen LogP contribution in [0.15, 0.2) is 45.7 Å². The van der Waals surface area contributed by atoms with Crippen molar-refractivity contribution < 1.29 is 13.9 Å². The molecule has 0 saturated heterocycles. The molecule has 0 aliphatic carbocycles. The van der Waals surface area contributed by atoms with Gasteiger partial charge in [0.05, 0.1) is 13.4 Å². The molecule has 0 fully saturated rings. The molecule has 0 spiro atoms. The summed E-state index contributed by atoms with van der Waals surface area (Å²) in [5, 5.41) is 0. The van der Waals surface area contributed by atoms with E-state index in [-0.39, 0.29) is 0 Å². The van der Waals surface area contributed by atoms with Crippen molar-refractivity contribution in [1.82, 2.24) is 0 Å². The summed E-state index contributed by atoms with van der Waals surface area (Å²) in [7, 11) is 1.35. The van der Waals surface area contributed by atoms with Crippen molar-refractivity contribution >= 4 is 21.9 Å². The van der Waals surface area contributed by atoms with Crippen molar-refractivity contribution in [2.24, 2.45) is 0 Å². The molecule has 1 heterocycles. The second-order valence-corrected chi connectivity index (χ2v) is 4.11.